The molecule has 0 bridgehead atoms. The van der Waals surface area contributed by atoms with E-state index >= 15 is 0 Å². The predicted molar refractivity (Wildman–Crippen MR) is 81.8 cm³/mol. The van der Waals surface area contributed by atoms with Gasteiger partial charge in [0.25, 0.3) is 0 Å². The molecular formula is C15H22BrNO2. The van der Waals surface area contributed by atoms with Crippen LogP contribution in [0.5, 0.6) is 5.75 Å². The lowest BCUT2D eigenvalue weighted by Crippen LogP contribution is -2.42. The Morgan fingerprint density at radius 1 is 1.21 bits per heavy atom. The van der Waals surface area contributed by atoms with E-state index in [4.69, 9.17) is 4.74 Å². The van der Waals surface area contributed by atoms with Gasteiger partial charge in [-0.3, -0.25) is 0 Å². The van der Waals surface area contributed by atoms with Crippen LogP contribution >= 0.6 is 15.9 Å². The fourth-order valence-electron chi connectivity index (χ4n) is 1.79. The first kappa shape index (κ1) is 16.0. The van der Waals surface area contributed by atoms with Crippen LogP contribution < -0.4 is 10.1 Å². The first-order chi connectivity index (χ1) is 8.76. The molecule has 0 unspecified atom stereocenters. The van der Waals surface area contributed by atoms with Crippen LogP contribution in [0, 0.1) is 0 Å². The van der Waals surface area contributed by atoms with Crippen LogP contribution in [0.15, 0.2) is 16.6 Å². The molecule has 1 aromatic carbocycles. The fraction of sp³-hybridized carbons (Fsp3) is 0.533. The average Bonchev–Trinajstić information content (AvgIpc) is 2.28. The van der Waals surface area contributed by atoms with Crippen molar-refractivity contribution in [3.8, 4) is 5.75 Å². The fourth-order valence-corrected chi connectivity index (χ4v) is 2.35. The molecule has 0 saturated carbocycles. The van der Waals surface area contributed by atoms with Crippen molar-refractivity contribution in [2.24, 2.45) is 0 Å². The van der Waals surface area contributed by atoms with Crippen molar-refractivity contribution in [1.29, 1.82) is 0 Å². The minimum Gasteiger partial charge on any atom is -0.410 e. The molecule has 0 atom stereocenters. The van der Waals surface area contributed by atoms with E-state index in [0.29, 0.717) is 5.75 Å². The van der Waals surface area contributed by atoms with Gasteiger partial charge in [-0.05, 0) is 56.9 Å². The molecule has 1 amide bonds. The van der Waals surface area contributed by atoms with Crippen molar-refractivity contribution in [2.45, 2.75) is 53.0 Å². The highest BCUT2D eigenvalue weighted by atomic mass is 79.9. The lowest BCUT2D eigenvalue weighted by Gasteiger charge is -2.21. The number of carbonyl (C=O) groups is 1. The maximum atomic E-state index is 11.9. The van der Waals surface area contributed by atoms with Gasteiger partial charge in [-0.15, -0.1) is 0 Å². The van der Waals surface area contributed by atoms with E-state index in [1.165, 1.54) is 0 Å². The molecule has 0 fully saturated rings. The third-order valence-corrected chi connectivity index (χ3v) is 3.10. The Kier molecular flexibility index (Phi) is 5.41. The average molecular weight is 328 g/mol. The quantitative estimate of drug-likeness (QED) is 0.889. The van der Waals surface area contributed by atoms with Crippen molar-refractivity contribution in [3.63, 3.8) is 0 Å². The third kappa shape index (κ3) is 4.86. The normalized spacial score (nSPS) is 11.3. The molecule has 0 spiro atoms. The number of amides is 1. The second-order valence-electron chi connectivity index (χ2n) is 5.52. The molecule has 1 N–H and O–H groups in total. The minimum atomic E-state index is -0.403. The molecule has 106 valence electrons. The number of halogens is 1. The largest absolute Gasteiger partial charge is 0.413 e. The summed E-state index contributed by atoms with van der Waals surface area (Å²) < 4.78 is 6.54. The molecule has 0 heterocycles. The van der Waals surface area contributed by atoms with E-state index in [1.54, 1.807) is 0 Å². The zero-order valence-corrected chi connectivity index (χ0v) is 13.8. The van der Waals surface area contributed by atoms with Crippen LogP contribution in [-0.4, -0.2) is 11.6 Å². The molecule has 0 aliphatic carbocycles. The topological polar surface area (TPSA) is 38.3 Å². The SMILES string of the molecule is CCc1cc(Br)cc(CC)c1OC(=O)NC(C)(C)C. The van der Waals surface area contributed by atoms with Gasteiger partial charge in [0.05, 0.1) is 0 Å². The van der Waals surface area contributed by atoms with Crippen LogP contribution in [0.4, 0.5) is 4.79 Å². The number of nitrogens with one attached hydrogen (secondary N) is 1. The third-order valence-electron chi connectivity index (χ3n) is 2.64. The number of hydrogen-bond donors (Lipinski definition) is 1. The van der Waals surface area contributed by atoms with Crippen LogP contribution in [0.1, 0.15) is 45.7 Å². The Morgan fingerprint density at radius 3 is 2.05 bits per heavy atom. The Balaban J connectivity index is 3.02. The van der Waals surface area contributed by atoms with Gasteiger partial charge in [0.1, 0.15) is 5.75 Å². The molecule has 0 radical (unpaired) electrons. The summed E-state index contributed by atoms with van der Waals surface area (Å²) >= 11 is 3.49. The summed E-state index contributed by atoms with van der Waals surface area (Å²) in [7, 11) is 0. The summed E-state index contributed by atoms with van der Waals surface area (Å²) in [5, 5.41) is 2.81. The molecule has 1 rings (SSSR count). The molecule has 19 heavy (non-hydrogen) atoms. The molecule has 4 heteroatoms. The van der Waals surface area contributed by atoms with E-state index in [1.807, 2.05) is 32.9 Å². The van der Waals surface area contributed by atoms with Crippen molar-refractivity contribution < 1.29 is 9.53 Å². The maximum absolute atomic E-state index is 11.9. The first-order valence-corrected chi connectivity index (χ1v) is 7.37. The second kappa shape index (κ2) is 6.42. The van der Waals surface area contributed by atoms with Crippen molar-refractivity contribution >= 4 is 22.0 Å². The number of rotatable bonds is 3. The van der Waals surface area contributed by atoms with Crippen molar-refractivity contribution in [1.82, 2.24) is 5.32 Å². The van der Waals surface area contributed by atoms with Crippen LogP contribution in [0.3, 0.4) is 0 Å². The summed E-state index contributed by atoms with van der Waals surface area (Å²) in [5.41, 5.74) is 1.77. The van der Waals surface area contributed by atoms with Gasteiger partial charge in [-0.1, -0.05) is 29.8 Å². The molecular weight excluding hydrogens is 306 g/mol. The van der Waals surface area contributed by atoms with Crippen LogP contribution in [-0.2, 0) is 12.8 Å². The standard InChI is InChI=1S/C15H22BrNO2/c1-6-10-8-12(16)9-11(7-2)13(10)19-14(18)17-15(3,4)5/h8-9H,6-7H2,1-5H3,(H,17,18). The van der Waals surface area contributed by atoms with E-state index in [-0.39, 0.29) is 5.54 Å². The summed E-state index contributed by atoms with van der Waals surface area (Å²) in [5.74, 6) is 0.690. The van der Waals surface area contributed by atoms with Crippen LogP contribution in [0.2, 0.25) is 0 Å². The summed E-state index contributed by atoms with van der Waals surface area (Å²) in [6, 6.07) is 4.00. The summed E-state index contributed by atoms with van der Waals surface area (Å²) in [6.45, 7) is 9.89. The first-order valence-electron chi connectivity index (χ1n) is 6.58. The van der Waals surface area contributed by atoms with Gasteiger partial charge < -0.3 is 10.1 Å². The van der Waals surface area contributed by atoms with E-state index in [9.17, 15) is 4.79 Å². The predicted octanol–water partition coefficient (Wildman–Crippen LogP) is 4.46. The van der Waals surface area contributed by atoms with Gasteiger partial charge >= 0.3 is 6.09 Å². The van der Waals surface area contributed by atoms with Gasteiger partial charge in [0.2, 0.25) is 0 Å². The Labute approximate surface area is 123 Å². The number of carbonyl (C=O) groups excluding carboxylic acids is 1. The van der Waals surface area contributed by atoms with Crippen LogP contribution in [0.25, 0.3) is 0 Å². The van der Waals surface area contributed by atoms with Gasteiger partial charge in [-0.25, -0.2) is 4.79 Å². The van der Waals surface area contributed by atoms with Gasteiger partial charge in [-0.2, -0.15) is 0 Å². The summed E-state index contributed by atoms with van der Waals surface area (Å²) in [4.78, 5) is 11.9. The zero-order chi connectivity index (χ0) is 14.6. The number of aryl methyl sites for hydroxylation is 2. The Hall–Kier alpha value is -1.03. The highest BCUT2D eigenvalue weighted by Gasteiger charge is 2.18. The Morgan fingerprint density at radius 2 is 1.68 bits per heavy atom. The molecule has 0 saturated heterocycles. The summed E-state index contributed by atoms with van der Waals surface area (Å²) in [6.07, 6.45) is 1.24. The number of benzene rings is 1. The molecule has 0 aromatic heterocycles. The Bertz CT molecular complexity index is 439. The van der Waals surface area contributed by atoms with Gasteiger partial charge in [0.15, 0.2) is 0 Å². The lowest BCUT2D eigenvalue weighted by molar-refractivity contribution is 0.190. The van der Waals surface area contributed by atoms with E-state index in [2.05, 4.69) is 35.1 Å². The zero-order valence-electron chi connectivity index (χ0n) is 12.3. The van der Waals surface area contributed by atoms with Gasteiger partial charge in [0, 0.05) is 10.0 Å². The minimum absolute atomic E-state index is 0.300. The second-order valence-corrected chi connectivity index (χ2v) is 6.44. The lowest BCUT2D eigenvalue weighted by atomic mass is 10.0. The molecule has 1 aromatic rings. The number of hydrogen-bond acceptors (Lipinski definition) is 2. The number of ether oxygens (including phenoxy) is 1. The highest BCUT2D eigenvalue weighted by Crippen LogP contribution is 2.29. The van der Waals surface area contributed by atoms with E-state index < -0.39 is 6.09 Å². The van der Waals surface area contributed by atoms with Crippen molar-refractivity contribution in [2.75, 3.05) is 0 Å². The monoisotopic (exact) mass is 327 g/mol. The highest BCUT2D eigenvalue weighted by molar-refractivity contribution is 9.10. The maximum Gasteiger partial charge on any atom is 0.413 e. The van der Waals surface area contributed by atoms with E-state index in [0.717, 1.165) is 28.4 Å². The smallest absolute Gasteiger partial charge is 0.410 e. The van der Waals surface area contributed by atoms with Crippen molar-refractivity contribution in [3.05, 3.63) is 27.7 Å². The molecule has 0 aliphatic heterocycles. The molecule has 3 nitrogen and oxygen atoms in total. The molecule has 0 aliphatic rings.